The Balaban J connectivity index is 1.03. The van der Waals surface area contributed by atoms with E-state index in [-0.39, 0.29) is 0 Å². The number of para-hydroxylation sites is 6. The second-order valence-electron chi connectivity index (χ2n) is 18.4. The van der Waals surface area contributed by atoms with Crippen molar-refractivity contribution < 1.29 is 0 Å². The quantitative estimate of drug-likeness (QED) is 0.141. The van der Waals surface area contributed by atoms with E-state index in [2.05, 4.69) is 281 Å². The fraction of sp³-hybridized carbons (Fsp3) is 0. The molecule has 71 heavy (non-hydrogen) atoms. The number of rotatable bonds is 8. The molecule has 3 nitrogen and oxygen atoms in total. The van der Waals surface area contributed by atoms with E-state index in [1.165, 1.54) is 76.2 Å². The van der Waals surface area contributed by atoms with Crippen LogP contribution in [0, 0.1) is 0 Å². The van der Waals surface area contributed by atoms with Gasteiger partial charge in [0.25, 0.3) is 0 Å². The van der Waals surface area contributed by atoms with E-state index in [0.29, 0.717) is 0 Å². The molecule has 14 rings (SSSR count). The molecule has 0 aliphatic carbocycles. The second kappa shape index (κ2) is 16.6. The molecular formula is C66H44N3PS. The standard InChI is InChI=1S/C66H44N3PS/c71-70(53-28-14-5-15-29-53)65-44-47(45-35-38-62-57(40-45)54-30-16-18-32-60(54)68(62)51-24-10-3-11-25-51)34-37-56(65)59-42-48(43-64(66(59)70)67(49-20-6-1-7-21-49)50-22-8-2-9-23-50)46-36-39-63-58(41-46)55-31-17-19-33-61(55)69(63)52-26-12-4-13-27-52/h1-44H. The number of anilines is 3. The maximum absolute atomic E-state index is 7.46. The Morgan fingerprint density at radius 1 is 0.324 bits per heavy atom. The zero-order valence-corrected chi connectivity index (χ0v) is 40.3. The van der Waals surface area contributed by atoms with E-state index < -0.39 is 6.04 Å². The molecule has 0 amide bonds. The molecule has 1 atom stereocenters. The van der Waals surface area contributed by atoms with Gasteiger partial charge in [0.15, 0.2) is 0 Å². The Morgan fingerprint density at radius 2 is 0.746 bits per heavy atom. The van der Waals surface area contributed by atoms with Crippen molar-refractivity contribution in [3.8, 4) is 44.8 Å². The molecule has 0 radical (unpaired) electrons. The summed E-state index contributed by atoms with van der Waals surface area (Å²) < 4.78 is 4.77. The van der Waals surface area contributed by atoms with E-state index in [1.807, 2.05) is 0 Å². The smallest absolute Gasteiger partial charge is 0.0564 e. The van der Waals surface area contributed by atoms with Crippen LogP contribution in [0.1, 0.15) is 0 Å². The van der Waals surface area contributed by atoms with Gasteiger partial charge in [0.2, 0.25) is 0 Å². The summed E-state index contributed by atoms with van der Waals surface area (Å²) in [6.45, 7) is 0. The van der Waals surface area contributed by atoms with E-state index in [4.69, 9.17) is 11.8 Å². The first-order valence-corrected chi connectivity index (χ1v) is 27.0. The van der Waals surface area contributed by atoms with Crippen LogP contribution in [0.25, 0.3) is 88.4 Å². The number of hydrogen-bond acceptors (Lipinski definition) is 2. The highest BCUT2D eigenvalue weighted by Gasteiger charge is 2.40. The van der Waals surface area contributed by atoms with Crippen molar-refractivity contribution in [3.63, 3.8) is 0 Å². The lowest BCUT2D eigenvalue weighted by Crippen LogP contribution is -2.25. The third-order valence-corrected chi connectivity index (χ3v) is 19.4. The number of nitrogens with zero attached hydrogens (tertiary/aromatic N) is 3. The minimum atomic E-state index is -2.73. The predicted octanol–water partition coefficient (Wildman–Crippen LogP) is 16.4. The van der Waals surface area contributed by atoms with E-state index in [0.717, 1.165) is 45.1 Å². The second-order valence-corrected chi connectivity index (χ2v) is 22.7. The Morgan fingerprint density at radius 3 is 1.28 bits per heavy atom. The van der Waals surface area contributed by atoms with Crippen molar-refractivity contribution in [3.05, 3.63) is 267 Å². The molecule has 0 saturated heterocycles. The number of benzene rings is 11. The summed E-state index contributed by atoms with van der Waals surface area (Å²) in [5, 5.41) is 8.52. The summed E-state index contributed by atoms with van der Waals surface area (Å²) in [6.07, 6.45) is 0. The summed E-state index contributed by atoms with van der Waals surface area (Å²) in [5.74, 6) is 0. The Hall–Kier alpha value is -8.53. The molecule has 334 valence electrons. The molecule has 5 heteroatoms. The van der Waals surface area contributed by atoms with Gasteiger partial charge in [0.1, 0.15) is 0 Å². The van der Waals surface area contributed by atoms with Gasteiger partial charge in [0.05, 0.1) is 27.8 Å². The van der Waals surface area contributed by atoms with Crippen LogP contribution in [0.5, 0.6) is 0 Å². The van der Waals surface area contributed by atoms with Crippen LogP contribution in [-0.2, 0) is 11.8 Å². The van der Waals surface area contributed by atoms with E-state index in [1.54, 1.807) is 0 Å². The fourth-order valence-corrected chi connectivity index (χ4v) is 15.9. The van der Waals surface area contributed by atoms with Crippen molar-refractivity contribution in [2.24, 2.45) is 0 Å². The lowest BCUT2D eigenvalue weighted by molar-refractivity contribution is 1.18. The van der Waals surface area contributed by atoms with Crippen molar-refractivity contribution in [2.75, 3.05) is 4.90 Å². The predicted molar refractivity (Wildman–Crippen MR) is 306 cm³/mol. The molecule has 0 spiro atoms. The average molecular weight is 942 g/mol. The third kappa shape index (κ3) is 6.53. The van der Waals surface area contributed by atoms with Crippen LogP contribution >= 0.6 is 6.04 Å². The van der Waals surface area contributed by atoms with Gasteiger partial charge in [-0.2, -0.15) is 0 Å². The molecule has 3 heterocycles. The van der Waals surface area contributed by atoms with Crippen LogP contribution in [0.15, 0.2) is 267 Å². The van der Waals surface area contributed by atoms with Gasteiger partial charge in [-0.1, -0.05) is 176 Å². The minimum absolute atomic E-state index is 1.08. The molecular weight excluding hydrogens is 898 g/mol. The molecule has 11 aromatic carbocycles. The van der Waals surface area contributed by atoms with Gasteiger partial charge < -0.3 is 14.0 Å². The van der Waals surface area contributed by atoms with Crippen LogP contribution in [0.4, 0.5) is 17.1 Å². The minimum Gasteiger partial charge on any atom is -0.310 e. The summed E-state index contributed by atoms with van der Waals surface area (Å²) >= 11 is 7.46. The van der Waals surface area contributed by atoms with Gasteiger partial charge in [-0.3, -0.25) is 0 Å². The molecule has 2 aromatic heterocycles. The molecule has 1 unspecified atom stereocenters. The lowest BCUT2D eigenvalue weighted by Gasteiger charge is -2.31. The van der Waals surface area contributed by atoms with Crippen molar-refractivity contribution in [1.82, 2.24) is 9.13 Å². The first-order chi connectivity index (χ1) is 35.1. The monoisotopic (exact) mass is 941 g/mol. The number of aromatic nitrogens is 2. The van der Waals surface area contributed by atoms with Gasteiger partial charge in [-0.15, -0.1) is 0 Å². The Bertz CT molecular complexity index is 4200. The van der Waals surface area contributed by atoms with Gasteiger partial charge in [0, 0.05) is 60.9 Å². The summed E-state index contributed by atoms with van der Waals surface area (Å²) in [6, 6.07) is 94.6. The fourth-order valence-electron chi connectivity index (χ4n) is 11.3. The summed E-state index contributed by atoms with van der Waals surface area (Å²) in [7, 11) is 0. The summed E-state index contributed by atoms with van der Waals surface area (Å²) in [5.41, 5.74) is 17.3. The molecule has 1 aliphatic heterocycles. The van der Waals surface area contributed by atoms with Crippen molar-refractivity contribution in [1.29, 1.82) is 0 Å². The molecule has 0 N–H and O–H groups in total. The maximum Gasteiger partial charge on any atom is 0.0564 e. The van der Waals surface area contributed by atoms with Crippen LogP contribution in [0.3, 0.4) is 0 Å². The van der Waals surface area contributed by atoms with Crippen LogP contribution in [-0.4, -0.2) is 9.13 Å². The average Bonchev–Trinajstić information content (AvgIpc) is 4.06. The van der Waals surface area contributed by atoms with Crippen LogP contribution in [0.2, 0.25) is 0 Å². The first kappa shape index (κ1) is 41.4. The third-order valence-electron chi connectivity index (χ3n) is 14.5. The number of hydrogen-bond donors (Lipinski definition) is 0. The summed E-state index contributed by atoms with van der Waals surface area (Å²) in [4.78, 5) is 2.44. The highest BCUT2D eigenvalue weighted by atomic mass is 32.4. The molecule has 1 aliphatic rings. The topological polar surface area (TPSA) is 13.1 Å². The SMILES string of the molecule is S=P1(c2ccccc2)c2cc(-c3ccc4c(c3)c3ccccc3n4-c3ccccc3)ccc2-c2cc(-c3ccc4c(c3)c3ccccc3n4-c3ccccc3)cc(N(c3ccccc3)c3ccccc3)c21. The normalized spacial score (nSPS) is 14.0. The molecule has 0 fully saturated rings. The molecule has 0 saturated carbocycles. The van der Waals surface area contributed by atoms with Gasteiger partial charge in [-0.25, -0.2) is 0 Å². The highest BCUT2D eigenvalue weighted by Crippen LogP contribution is 2.58. The van der Waals surface area contributed by atoms with E-state index >= 15 is 0 Å². The molecule has 0 bridgehead atoms. The van der Waals surface area contributed by atoms with Gasteiger partial charge >= 0.3 is 0 Å². The zero-order chi connectivity index (χ0) is 47.0. The van der Waals surface area contributed by atoms with Gasteiger partial charge in [-0.05, 0) is 142 Å². The van der Waals surface area contributed by atoms with Crippen molar-refractivity contribution >= 4 is 94.4 Å². The van der Waals surface area contributed by atoms with E-state index in [9.17, 15) is 0 Å². The largest absolute Gasteiger partial charge is 0.310 e. The highest BCUT2D eigenvalue weighted by molar-refractivity contribution is 8.26. The first-order valence-electron chi connectivity index (χ1n) is 24.2. The Kier molecular flexibility index (Phi) is 9.67. The number of fused-ring (bicyclic) bond motifs is 9. The van der Waals surface area contributed by atoms with Crippen LogP contribution < -0.4 is 20.8 Å². The lowest BCUT2D eigenvalue weighted by atomic mass is 9.95. The molecule has 13 aromatic rings. The zero-order valence-electron chi connectivity index (χ0n) is 38.6. The maximum atomic E-state index is 7.46. The van der Waals surface area contributed by atoms with Crippen molar-refractivity contribution in [2.45, 2.75) is 0 Å². The Labute approximate surface area is 417 Å².